The second-order valence-corrected chi connectivity index (χ2v) is 5.20. The SMILES string of the molecule is CC(C)Cc1ccc(NCC2CNC2)cc1. The molecule has 1 aromatic carbocycles. The van der Waals surface area contributed by atoms with Gasteiger partial charge in [0.15, 0.2) is 0 Å². The summed E-state index contributed by atoms with van der Waals surface area (Å²) >= 11 is 0. The van der Waals surface area contributed by atoms with Crippen molar-refractivity contribution in [1.82, 2.24) is 5.32 Å². The molecule has 2 N–H and O–H groups in total. The number of hydrogen-bond acceptors (Lipinski definition) is 2. The van der Waals surface area contributed by atoms with E-state index < -0.39 is 0 Å². The van der Waals surface area contributed by atoms with Gasteiger partial charge in [0, 0.05) is 31.2 Å². The maximum absolute atomic E-state index is 3.49. The van der Waals surface area contributed by atoms with Gasteiger partial charge < -0.3 is 10.6 Å². The molecule has 1 aliphatic rings. The molecular weight excluding hydrogens is 196 g/mol. The van der Waals surface area contributed by atoms with Gasteiger partial charge in [-0.2, -0.15) is 0 Å². The largest absolute Gasteiger partial charge is 0.385 e. The first-order valence-electron chi connectivity index (χ1n) is 6.27. The minimum absolute atomic E-state index is 0.736. The van der Waals surface area contributed by atoms with E-state index in [1.54, 1.807) is 0 Å². The molecular formula is C14H22N2. The fourth-order valence-electron chi connectivity index (χ4n) is 1.99. The lowest BCUT2D eigenvalue weighted by atomic mass is 10.0. The number of benzene rings is 1. The van der Waals surface area contributed by atoms with E-state index in [4.69, 9.17) is 0 Å². The summed E-state index contributed by atoms with van der Waals surface area (Å²) in [5.74, 6) is 1.55. The van der Waals surface area contributed by atoms with Gasteiger partial charge in [-0.1, -0.05) is 26.0 Å². The third kappa shape index (κ3) is 3.24. The van der Waals surface area contributed by atoms with Crippen molar-refractivity contribution in [2.24, 2.45) is 11.8 Å². The van der Waals surface area contributed by atoms with Crippen LogP contribution in [0, 0.1) is 11.8 Å². The summed E-state index contributed by atoms with van der Waals surface area (Å²) < 4.78 is 0. The summed E-state index contributed by atoms with van der Waals surface area (Å²) in [7, 11) is 0. The van der Waals surface area contributed by atoms with Crippen LogP contribution in [0.1, 0.15) is 19.4 Å². The second-order valence-electron chi connectivity index (χ2n) is 5.20. The van der Waals surface area contributed by atoms with E-state index in [1.165, 1.54) is 30.8 Å². The van der Waals surface area contributed by atoms with E-state index in [0.717, 1.165) is 18.4 Å². The minimum Gasteiger partial charge on any atom is -0.385 e. The Balaban J connectivity index is 1.81. The highest BCUT2D eigenvalue weighted by Crippen LogP contribution is 2.14. The first kappa shape index (κ1) is 11.5. The van der Waals surface area contributed by atoms with Crippen molar-refractivity contribution in [1.29, 1.82) is 0 Å². The predicted molar refractivity (Wildman–Crippen MR) is 69.8 cm³/mol. The van der Waals surface area contributed by atoms with E-state index in [0.29, 0.717) is 0 Å². The minimum atomic E-state index is 0.736. The molecule has 0 amide bonds. The molecule has 1 aromatic rings. The molecule has 0 aliphatic carbocycles. The molecule has 16 heavy (non-hydrogen) atoms. The van der Waals surface area contributed by atoms with Crippen molar-refractivity contribution >= 4 is 5.69 Å². The molecule has 2 rings (SSSR count). The summed E-state index contributed by atoms with van der Waals surface area (Å²) in [5.41, 5.74) is 2.69. The lowest BCUT2D eigenvalue weighted by Crippen LogP contribution is -2.45. The highest BCUT2D eigenvalue weighted by molar-refractivity contribution is 5.44. The smallest absolute Gasteiger partial charge is 0.0340 e. The van der Waals surface area contributed by atoms with Gasteiger partial charge in [0.25, 0.3) is 0 Å². The Labute approximate surface area is 98.4 Å². The summed E-state index contributed by atoms with van der Waals surface area (Å²) in [6.45, 7) is 7.94. The fraction of sp³-hybridized carbons (Fsp3) is 0.571. The van der Waals surface area contributed by atoms with Gasteiger partial charge in [0.1, 0.15) is 0 Å². The van der Waals surface area contributed by atoms with Crippen LogP contribution >= 0.6 is 0 Å². The second kappa shape index (κ2) is 5.35. The topological polar surface area (TPSA) is 24.1 Å². The van der Waals surface area contributed by atoms with E-state index in [9.17, 15) is 0 Å². The maximum atomic E-state index is 3.49. The maximum Gasteiger partial charge on any atom is 0.0340 e. The van der Waals surface area contributed by atoms with Crippen LogP contribution in [0.4, 0.5) is 5.69 Å². The Morgan fingerprint density at radius 2 is 1.94 bits per heavy atom. The molecule has 2 nitrogen and oxygen atoms in total. The molecule has 1 aliphatic heterocycles. The molecule has 1 heterocycles. The van der Waals surface area contributed by atoms with Gasteiger partial charge in [0.05, 0.1) is 0 Å². The molecule has 88 valence electrons. The van der Waals surface area contributed by atoms with Crippen LogP contribution in [0.3, 0.4) is 0 Å². The molecule has 2 heteroatoms. The molecule has 0 bridgehead atoms. The Bertz CT molecular complexity index is 312. The Morgan fingerprint density at radius 3 is 2.44 bits per heavy atom. The lowest BCUT2D eigenvalue weighted by Gasteiger charge is -2.27. The predicted octanol–water partition coefficient (Wildman–Crippen LogP) is 2.52. The highest BCUT2D eigenvalue weighted by Gasteiger charge is 2.15. The van der Waals surface area contributed by atoms with Gasteiger partial charge in [-0.25, -0.2) is 0 Å². The highest BCUT2D eigenvalue weighted by atomic mass is 15.0. The molecule has 0 aromatic heterocycles. The first-order valence-corrected chi connectivity index (χ1v) is 6.27. The van der Waals surface area contributed by atoms with Crippen molar-refractivity contribution in [3.05, 3.63) is 29.8 Å². The summed E-state index contributed by atoms with van der Waals surface area (Å²) in [5, 5.41) is 6.78. The molecule has 0 radical (unpaired) electrons. The standard InChI is InChI=1S/C14H22N2/c1-11(2)7-12-3-5-14(6-4-12)16-10-13-8-15-9-13/h3-6,11,13,15-16H,7-10H2,1-2H3. The van der Waals surface area contributed by atoms with Gasteiger partial charge in [-0.3, -0.25) is 0 Å². The van der Waals surface area contributed by atoms with Crippen LogP contribution < -0.4 is 10.6 Å². The van der Waals surface area contributed by atoms with Crippen molar-refractivity contribution in [2.75, 3.05) is 25.0 Å². The number of anilines is 1. The lowest BCUT2D eigenvalue weighted by molar-refractivity contribution is 0.365. The van der Waals surface area contributed by atoms with Crippen LogP contribution in [0.15, 0.2) is 24.3 Å². The van der Waals surface area contributed by atoms with Crippen LogP contribution in [0.5, 0.6) is 0 Å². The van der Waals surface area contributed by atoms with E-state index in [2.05, 4.69) is 48.7 Å². The normalized spacial score (nSPS) is 16.2. The molecule has 1 fully saturated rings. The monoisotopic (exact) mass is 218 g/mol. The number of rotatable bonds is 5. The summed E-state index contributed by atoms with van der Waals surface area (Å²) in [6, 6.07) is 8.87. The van der Waals surface area contributed by atoms with E-state index in [1.807, 2.05) is 0 Å². The third-order valence-corrected chi connectivity index (χ3v) is 3.06. The molecule has 1 saturated heterocycles. The van der Waals surface area contributed by atoms with Crippen LogP contribution in [0.2, 0.25) is 0 Å². The van der Waals surface area contributed by atoms with Gasteiger partial charge >= 0.3 is 0 Å². The van der Waals surface area contributed by atoms with Crippen LogP contribution in [-0.4, -0.2) is 19.6 Å². The zero-order chi connectivity index (χ0) is 11.4. The summed E-state index contributed by atoms with van der Waals surface area (Å²) in [4.78, 5) is 0. The third-order valence-electron chi connectivity index (χ3n) is 3.06. The van der Waals surface area contributed by atoms with Gasteiger partial charge in [0.2, 0.25) is 0 Å². The zero-order valence-corrected chi connectivity index (χ0v) is 10.3. The Kier molecular flexibility index (Phi) is 3.83. The summed E-state index contributed by atoms with van der Waals surface area (Å²) in [6.07, 6.45) is 1.17. The fourth-order valence-corrected chi connectivity index (χ4v) is 1.99. The quantitative estimate of drug-likeness (QED) is 0.793. The molecule has 0 atom stereocenters. The molecule has 0 saturated carbocycles. The van der Waals surface area contributed by atoms with Crippen molar-refractivity contribution < 1.29 is 0 Å². The first-order chi connectivity index (χ1) is 7.74. The zero-order valence-electron chi connectivity index (χ0n) is 10.3. The molecule has 0 spiro atoms. The van der Waals surface area contributed by atoms with Gasteiger partial charge in [-0.05, 0) is 30.0 Å². The number of hydrogen-bond donors (Lipinski definition) is 2. The molecule has 0 unspecified atom stereocenters. The van der Waals surface area contributed by atoms with Crippen LogP contribution in [0.25, 0.3) is 0 Å². The Hall–Kier alpha value is -1.02. The van der Waals surface area contributed by atoms with Crippen molar-refractivity contribution in [3.63, 3.8) is 0 Å². The average molecular weight is 218 g/mol. The van der Waals surface area contributed by atoms with Crippen molar-refractivity contribution in [2.45, 2.75) is 20.3 Å². The average Bonchev–Trinajstić information content (AvgIpc) is 2.17. The van der Waals surface area contributed by atoms with E-state index >= 15 is 0 Å². The van der Waals surface area contributed by atoms with Gasteiger partial charge in [-0.15, -0.1) is 0 Å². The van der Waals surface area contributed by atoms with Crippen molar-refractivity contribution in [3.8, 4) is 0 Å². The van der Waals surface area contributed by atoms with E-state index in [-0.39, 0.29) is 0 Å². The van der Waals surface area contributed by atoms with Crippen LogP contribution in [-0.2, 0) is 6.42 Å². The number of nitrogens with one attached hydrogen (secondary N) is 2. The Morgan fingerprint density at radius 1 is 1.25 bits per heavy atom.